The van der Waals surface area contributed by atoms with Crippen molar-refractivity contribution in [2.75, 3.05) is 6.61 Å². The Morgan fingerprint density at radius 3 is 2.20 bits per heavy atom. The molecule has 0 aromatic heterocycles. The van der Waals surface area contributed by atoms with Gasteiger partial charge in [0.15, 0.2) is 6.10 Å². The van der Waals surface area contributed by atoms with Crippen LogP contribution in [0.3, 0.4) is 0 Å². The predicted octanol–water partition coefficient (Wildman–Crippen LogP) is 4.90. The molecule has 0 amide bonds. The lowest BCUT2D eigenvalue weighted by atomic mass is 10.1. The number of hydrogen-bond acceptors (Lipinski definition) is 4. The van der Waals surface area contributed by atoms with Crippen LogP contribution in [0, 0.1) is 0 Å². The summed E-state index contributed by atoms with van der Waals surface area (Å²) in [6, 6.07) is 16.4. The van der Waals surface area contributed by atoms with Gasteiger partial charge in [-0.05, 0) is 49.7 Å². The molecule has 2 aromatic carbocycles. The monoisotopic (exact) mass is 362 g/mol. The average molecular weight is 363 g/mol. The van der Waals surface area contributed by atoms with Crippen LogP contribution in [0.2, 0.25) is 5.02 Å². The van der Waals surface area contributed by atoms with E-state index in [0.29, 0.717) is 29.5 Å². The maximum absolute atomic E-state index is 12.3. The van der Waals surface area contributed by atoms with Gasteiger partial charge in [0.05, 0.1) is 6.61 Å². The van der Waals surface area contributed by atoms with Crippen LogP contribution >= 0.6 is 11.6 Å². The number of hydrogen-bond donors (Lipinski definition) is 0. The lowest BCUT2D eigenvalue weighted by molar-refractivity contribution is -0.152. The van der Waals surface area contributed by atoms with Crippen molar-refractivity contribution in [3.63, 3.8) is 0 Å². The third-order valence-corrected chi connectivity index (χ3v) is 3.87. The number of carbonyl (C=O) groups excluding carboxylic acids is 1. The number of rotatable bonds is 9. The first-order valence-electron chi connectivity index (χ1n) is 8.43. The highest BCUT2D eigenvalue weighted by molar-refractivity contribution is 6.30. The summed E-state index contributed by atoms with van der Waals surface area (Å²) in [7, 11) is 0. The van der Waals surface area contributed by atoms with Gasteiger partial charge in [-0.15, -0.1) is 0 Å². The molecule has 134 valence electrons. The van der Waals surface area contributed by atoms with Crippen molar-refractivity contribution in [3.8, 4) is 11.5 Å². The first-order valence-corrected chi connectivity index (χ1v) is 8.80. The molecule has 4 nitrogen and oxygen atoms in total. The maximum Gasteiger partial charge on any atom is 0.347 e. The third-order valence-electron chi connectivity index (χ3n) is 3.62. The van der Waals surface area contributed by atoms with Gasteiger partial charge in [-0.3, -0.25) is 0 Å². The Morgan fingerprint density at radius 1 is 0.960 bits per heavy atom. The molecule has 2 unspecified atom stereocenters. The first kappa shape index (κ1) is 19.1. The van der Waals surface area contributed by atoms with Crippen molar-refractivity contribution >= 4 is 17.6 Å². The number of para-hydroxylation sites is 1. The van der Waals surface area contributed by atoms with Gasteiger partial charge in [-0.1, -0.05) is 36.7 Å². The van der Waals surface area contributed by atoms with Gasteiger partial charge in [0.1, 0.15) is 17.6 Å². The Bertz CT molecular complexity index is 643. The van der Waals surface area contributed by atoms with E-state index in [1.54, 1.807) is 19.1 Å². The van der Waals surface area contributed by atoms with Crippen molar-refractivity contribution in [1.29, 1.82) is 0 Å². The van der Waals surface area contributed by atoms with Gasteiger partial charge in [0, 0.05) is 11.4 Å². The summed E-state index contributed by atoms with van der Waals surface area (Å²) in [5.74, 6) is 0.949. The zero-order chi connectivity index (χ0) is 18.1. The molecule has 0 spiro atoms. The van der Waals surface area contributed by atoms with E-state index < -0.39 is 6.10 Å². The zero-order valence-electron chi connectivity index (χ0n) is 14.5. The molecule has 2 rings (SSSR count). The maximum atomic E-state index is 12.3. The largest absolute Gasteiger partial charge is 0.490 e. The van der Waals surface area contributed by atoms with Crippen LogP contribution in [0.15, 0.2) is 54.6 Å². The molecule has 0 saturated carbocycles. The second-order valence-corrected chi connectivity index (χ2v) is 5.95. The van der Waals surface area contributed by atoms with E-state index in [2.05, 4.69) is 0 Å². The Hall–Kier alpha value is -2.20. The van der Waals surface area contributed by atoms with Crippen LogP contribution in [0.1, 0.15) is 26.7 Å². The van der Waals surface area contributed by atoms with E-state index in [-0.39, 0.29) is 12.1 Å². The minimum Gasteiger partial charge on any atom is -0.490 e. The van der Waals surface area contributed by atoms with Gasteiger partial charge >= 0.3 is 5.97 Å². The van der Waals surface area contributed by atoms with Crippen molar-refractivity contribution in [2.45, 2.75) is 38.9 Å². The molecule has 0 saturated heterocycles. The van der Waals surface area contributed by atoms with Gasteiger partial charge in [-0.2, -0.15) is 0 Å². The average Bonchev–Trinajstić information content (AvgIpc) is 2.63. The fourth-order valence-corrected chi connectivity index (χ4v) is 2.46. The Balaban J connectivity index is 2.06. The molecule has 0 fully saturated rings. The molecule has 0 aliphatic carbocycles. The van der Waals surface area contributed by atoms with Crippen molar-refractivity contribution in [3.05, 3.63) is 59.6 Å². The second-order valence-electron chi connectivity index (χ2n) is 5.51. The van der Waals surface area contributed by atoms with Crippen LogP contribution in [-0.4, -0.2) is 24.8 Å². The number of halogens is 1. The third kappa shape index (κ3) is 6.31. The summed E-state index contributed by atoms with van der Waals surface area (Å²) in [5, 5.41) is 0.650. The summed E-state index contributed by atoms with van der Waals surface area (Å²) in [6.45, 7) is 4.09. The van der Waals surface area contributed by atoms with Crippen molar-refractivity contribution < 1.29 is 19.0 Å². The van der Waals surface area contributed by atoms with E-state index >= 15 is 0 Å². The normalized spacial score (nSPS) is 12.9. The van der Waals surface area contributed by atoms with Crippen LogP contribution in [-0.2, 0) is 9.53 Å². The summed E-state index contributed by atoms with van der Waals surface area (Å²) in [5.41, 5.74) is 0. The minimum absolute atomic E-state index is 0.181. The molecule has 5 heteroatoms. The highest BCUT2D eigenvalue weighted by Gasteiger charge is 2.26. The highest BCUT2D eigenvalue weighted by atomic mass is 35.5. The van der Waals surface area contributed by atoms with Crippen LogP contribution in [0.5, 0.6) is 11.5 Å². The van der Waals surface area contributed by atoms with E-state index in [1.165, 1.54) is 0 Å². The van der Waals surface area contributed by atoms with Gasteiger partial charge in [0.2, 0.25) is 0 Å². The summed E-state index contributed by atoms with van der Waals surface area (Å²) in [4.78, 5) is 12.3. The molecule has 0 bridgehead atoms. The van der Waals surface area contributed by atoms with Gasteiger partial charge < -0.3 is 14.2 Å². The molecule has 0 N–H and O–H groups in total. The zero-order valence-corrected chi connectivity index (χ0v) is 15.2. The van der Waals surface area contributed by atoms with Crippen molar-refractivity contribution in [2.24, 2.45) is 0 Å². The lowest BCUT2D eigenvalue weighted by Gasteiger charge is -2.23. The summed E-state index contributed by atoms with van der Waals surface area (Å²) in [6.07, 6.45) is 0.225. The number of benzene rings is 2. The minimum atomic E-state index is -0.723. The van der Waals surface area contributed by atoms with Crippen LogP contribution in [0.4, 0.5) is 0 Å². The fourth-order valence-electron chi connectivity index (χ4n) is 2.33. The predicted molar refractivity (Wildman–Crippen MR) is 98.3 cm³/mol. The number of ether oxygens (including phenoxy) is 3. The number of esters is 1. The van der Waals surface area contributed by atoms with E-state index in [1.807, 2.05) is 49.4 Å². The van der Waals surface area contributed by atoms with E-state index in [4.69, 9.17) is 25.8 Å². The molecule has 0 aliphatic heterocycles. The Kier molecular flexibility index (Phi) is 7.61. The SMILES string of the molecule is CCOC(=O)C(CC(CC)Oc1ccc(Cl)cc1)Oc1ccccc1. The van der Waals surface area contributed by atoms with Crippen LogP contribution < -0.4 is 9.47 Å². The molecular weight excluding hydrogens is 340 g/mol. The Labute approximate surface area is 153 Å². The molecular formula is C20H23ClO4. The van der Waals surface area contributed by atoms with E-state index in [9.17, 15) is 4.79 Å². The Morgan fingerprint density at radius 2 is 1.60 bits per heavy atom. The molecule has 0 radical (unpaired) electrons. The van der Waals surface area contributed by atoms with Crippen molar-refractivity contribution in [1.82, 2.24) is 0 Å². The standard InChI is InChI=1S/C20H23ClO4/c1-3-16(24-18-12-10-15(21)11-13-18)14-19(20(22)23-4-2)25-17-8-6-5-7-9-17/h5-13,16,19H,3-4,14H2,1-2H3. The fraction of sp³-hybridized carbons (Fsp3) is 0.350. The molecule has 2 aromatic rings. The smallest absolute Gasteiger partial charge is 0.347 e. The lowest BCUT2D eigenvalue weighted by Crippen LogP contribution is -2.35. The quantitative estimate of drug-likeness (QED) is 0.595. The first-order chi connectivity index (χ1) is 12.1. The second kappa shape index (κ2) is 9.94. The van der Waals surface area contributed by atoms with Gasteiger partial charge in [-0.25, -0.2) is 4.79 Å². The molecule has 0 aliphatic rings. The molecule has 2 atom stereocenters. The molecule has 25 heavy (non-hydrogen) atoms. The van der Waals surface area contributed by atoms with Crippen LogP contribution in [0.25, 0.3) is 0 Å². The number of carbonyl (C=O) groups is 1. The molecule has 0 heterocycles. The van der Waals surface area contributed by atoms with E-state index in [0.717, 1.165) is 6.42 Å². The summed E-state index contributed by atoms with van der Waals surface area (Å²) < 4.78 is 17.0. The summed E-state index contributed by atoms with van der Waals surface area (Å²) >= 11 is 5.90. The highest BCUT2D eigenvalue weighted by Crippen LogP contribution is 2.21. The topological polar surface area (TPSA) is 44.8 Å². The van der Waals surface area contributed by atoms with Gasteiger partial charge in [0.25, 0.3) is 0 Å².